The van der Waals surface area contributed by atoms with Gasteiger partial charge in [0.15, 0.2) is 0 Å². The first-order valence-electron chi connectivity index (χ1n) is 9.67. The van der Waals surface area contributed by atoms with E-state index in [9.17, 15) is 0 Å². The van der Waals surface area contributed by atoms with Crippen LogP contribution in [0.5, 0.6) is 0 Å². The number of halogens is 1. The van der Waals surface area contributed by atoms with Crippen LogP contribution in [-0.2, 0) is 11.3 Å². The molecule has 2 aromatic heterocycles. The van der Waals surface area contributed by atoms with Gasteiger partial charge in [-0.25, -0.2) is 9.97 Å². The van der Waals surface area contributed by atoms with E-state index in [1.807, 2.05) is 19.2 Å². The number of ether oxygens (including phenoxy) is 1. The van der Waals surface area contributed by atoms with E-state index in [1.54, 1.807) is 6.20 Å². The molecule has 5 heterocycles. The molecular weight excluding hydrogens is 376 g/mol. The van der Waals surface area contributed by atoms with Crippen LogP contribution in [0.15, 0.2) is 23.5 Å². The summed E-state index contributed by atoms with van der Waals surface area (Å²) in [6.07, 6.45) is 5.57. The van der Waals surface area contributed by atoms with Gasteiger partial charge in [0.05, 0.1) is 42.4 Å². The highest BCUT2D eigenvalue weighted by Crippen LogP contribution is 2.39. The van der Waals surface area contributed by atoms with Gasteiger partial charge in [0.1, 0.15) is 11.5 Å². The third-order valence-electron chi connectivity index (χ3n) is 6.25. The molecule has 5 rings (SSSR count). The molecule has 28 heavy (non-hydrogen) atoms. The second-order valence-electron chi connectivity index (χ2n) is 7.96. The summed E-state index contributed by atoms with van der Waals surface area (Å²) in [5.41, 5.74) is 10.7. The van der Waals surface area contributed by atoms with Gasteiger partial charge in [-0.1, -0.05) is 11.6 Å². The van der Waals surface area contributed by atoms with Crippen LogP contribution < -0.4 is 10.6 Å². The standard InChI is InChI=1S/C20H23ClN6O/c1-12-6-13(14(21)7-23-12)18-19-15(8-24-18)26-17(9-25-19)27-4-2-20(3-5-27)11-28-10-16(20)22/h6-7,9,16H,2-5,8,10-11,22H2,1H3/t16-/m1/s1. The van der Waals surface area contributed by atoms with Crippen LogP contribution in [0.4, 0.5) is 5.82 Å². The molecule has 3 aliphatic rings. The van der Waals surface area contributed by atoms with Gasteiger partial charge in [-0.15, -0.1) is 0 Å². The highest BCUT2D eigenvalue weighted by molar-refractivity contribution is 6.35. The minimum atomic E-state index is 0.132. The largest absolute Gasteiger partial charge is 0.379 e. The van der Waals surface area contributed by atoms with Crippen LogP contribution in [0.3, 0.4) is 0 Å². The zero-order valence-electron chi connectivity index (χ0n) is 15.9. The fourth-order valence-electron chi connectivity index (χ4n) is 4.41. The van der Waals surface area contributed by atoms with E-state index in [4.69, 9.17) is 32.0 Å². The summed E-state index contributed by atoms with van der Waals surface area (Å²) in [6, 6.07) is 2.09. The number of aromatic nitrogens is 3. The third-order valence-corrected chi connectivity index (χ3v) is 6.55. The molecule has 8 heteroatoms. The summed E-state index contributed by atoms with van der Waals surface area (Å²) >= 11 is 6.35. The van der Waals surface area contributed by atoms with Gasteiger partial charge in [0.25, 0.3) is 0 Å². The Hall–Kier alpha value is -2.09. The van der Waals surface area contributed by atoms with E-state index in [2.05, 4.69) is 14.9 Å². The molecule has 2 saturated heterocycles. The van der Waals surface area contributed by atoms with Crippen LogP contribution >= 0.6 is 11.6 Å². The second kappa shape index (κ2) is 6.76. The Morgan fingerprint density at radius 3 is 2.82 bits per heavy atom. The summed E-state index contributed by atoms with van der Waals surface area (Å²) in [7, 11) is 0. The number of hydrogen-bond acceptors (Lipinski definition) is 7. The summed E-state index contributed by atoms with van der Waals surface area (Å²) in [5, 5.41) is 0.583. The number of hydrogen-bond donors (Lipinski definition) is 1. The molecule has 7 nitrogen and oxygen atoms in total. The number of nitrogens with zero attached hydrogens (tertiary/aromatic N) is 5. The molecule has 0 unspecified atom stereocenters. The summed E-state index contributed by atoms with van der Waals surface area (Å²) in [6.45, 7) is 5.77. The Balaban J connectivity index is 1.36. The van der Waals surface area contributed by atoms with Crippen LogP contribution in [0, 0.1) is 12.3 Å². The van der Waals surface area contributed by atoms with Gasteiger partial charge in [0, 0.05) is 42.0 Å². The Morgan fingerprint density at radius 1 is 1.25 bits per heavy atom. The predicted molar refractivity (Wildman–Crippen MR) is 108 cm³/mol. The van der Waals surface area contributed by atoms with Crippen molar-refractivity contribution in [1.29, 1.82) is 0 Å². The molecule has 0 bridgehead atoms. The number of nitrogens with two attached hydrogens (primary N) is 1. The molecule has 0 radical (unpaired) electrons. The van der Waals surface area contributed by atoms with E-state index in [0.29, 0.717) is 18.2 Å². The van der Waals surface area contributed by atoms with Gasteiger partial charge in [-0.3, -0.25) is 9.98 Å². The molecule has 2 N–H and O–H groups in total. The van der Waals surface area contributed by atoms with Crippen molar-refractivity contribution in [3.8, 4) is 0 Å². The predicted octanol–water partition coefficient (Wildman–Crippen LogP) is 2.13. The fraction of sp³-hybridized carbons (Fsp3) is 0.500. The number of fused-ring (bicyclic) bond motifs is 1. The van der Waals surface area contributed by atoms with Crippen LogP contribution in [-0.4, -0.2) is 53.0 Å². The van der Waals surface area contributed by atoms with Crippen LogP contribution in [0.2, 0.25) is 5.02 Å². The van der Waals surface area contributed by atoms with Crippen molar-refractivity contribution in [3.63, 3.8) is 0 Å². The van der Waals surface area contributed by atoms with E-state index in [-0.39, 0.29) is 11.5 Å². The van der Waals surface area contributed by atoms with E-state index >= 15 is 0 Å². The molecule has 0 aliphatic carbocycles. The first kappa shape index (κ1) is 18.0. The van der Waals surface area contributed by atoms with Crippen molar-refractivity contribution in [2.24, 2.45) is 16.1 Å². The average Bonchev–Trinajstić information content (AvgIpc) is 3.28. The minimum Gasteiger partial charge on any atom is -0.379 e. The molecule has 1 atom stereocenters. The van der Waals surface area contributed by atoms with Gasteiger partial charge >= 0.3 is 0 Å². The Bertz CT molecular complexity index is 954. The van der Waals surface area contributed by atoms with E-state index in [1.165, 1.54) is 0 Å². The molecule has 0 aromatic carbocycles. The number of anilines is 1. The SMILES string of the molecule is Cc1cc(C2=NCc3nc(N4CCC5(CC4)COC[C@H]5N)cnc32)c(Cl)cn1. The number of aryl methyl sites for hydroxylation is 1. The van der Waals surface area contributed by atoms with Gasteiger partial charge in [-0.05, 0) is 25.8 Å². The maximum absolute atomic E-state index is 6.35. The highest BCUT2D eigenvalue weighted by Gasteiger charge is 2.44. The maximum atomic E-state index is 6.35. The lowest BCUT2D eigenvalue weighted by Gasteiger charge is -2.41. The lowest BCUT2D eigenvalue weighted by atomic mass is 9.75. The van der Waals surface area contributed by atoms with Crippen molar-refractivity contribution < 1.29 is 4.74 Å². The third kappa shape index (κ3) is 2.89. The first-order chi connectivity index (χ1) is 13.6. The summed E-state index contributed by atoms with van der Waals surface area (Å²) in [5.74, 6) is 0.912. The Kier molecular flexibility index (Phi) is 4.34. The lowest BCUT2D eigenvalue weighted by Crippen LogP contribution is -2.49. The van der Waals surface area contributed by atoms with Crippen LogP contribution in [0.25, 0.3) is 0 Å². The molecule has 1 spiro atoms. The van der Waals surface area contributed by atoms with Gasteiger partial charge < -0.3 is 15.4 Å². The van der Waals surface area contributed by atoms with E-state index in [0.717, 1.165) is 66.7 Å². The highest BCUT2D eigenvalue weighted by atomic mass is 35.5. The Morgan fingerprint density at radius 2 is 2.07 bits per heavy atom. The zero-order valence-corrected chi connectivity index (χ0v) is 16.6. The van der Waals surface area contributed by atoms with Crippen molar-refractivity contribution in [1.82, 2.24) is 15.0 Å². The number of piperidine rings is 1. The zero-order chi connectivity index (χ0) is 19.3. The van der Waals surface area contributed by atoms with Gasteiger partial charge in [-0.2, -0.15) is 0 Å². The molecular formula is C20H23ClN6O. The quantitative estimate of drug-likeness (QED) is 0.833. The summed E-state index contributed by atoms with van der Waals surface area (Å²) < 4.78 is 5.62. The smallest absolute Gasteiger partial charge is 0.147 e. The molecule has 2 aromatic rings. The molecule has 146 valence electrons. The minimum absolute atomic E-state index is 0.132. The van der Waals surface area contributed by atoms with E-state index < -0.39 is 0 Å². The molecule has 3 aliphatic heterocycles. The number of pyridine rings is 1. The van der Waals surface area contributed by atoms with Crippen molar-refractivity contribution in [2.75, 3.05) is 31.2 Å². The van der Waals surface area contributed by atoms with Gasteiger partial charge in [0.2, 0.25) is 0 Å². The van der Waals surface area contributed by atoms with Crippen molar-refractivity contribution in [3.05, 3.63) is 46.1 Å². The average molecular weight is 399 g/mol. The number of aliphatic imine (C=N–C) groups is 1. The summed E-state index contributed by atoms with van der Waals surface area (Å²) in [4.78, 5) is 20.8. The monoisotopic (exact) mass is 398 g/mol. The fourth-order valence-corrected chi connectivity index (χ4v) is 4.61. The number of rotatable bonds is 2. The van der Waals surface area contributed by atoms with Crippen LogP contribution in [0.1, 0.15) is 35.5 Å². The maximum Gasteiger partial charge on any atom is 0.147 e. The van der Waals surface area contributed by atoms with Crippen molar-refractivity contribution in [2.45, 2.75) is 32.4 Å². The molecule has 0 saturated carbocycles. The molecule has 2 fully saturated rings. The topological polar surface area (TPSA) is 89.5 Å². The first-order valence-corrected chi connectivity index (χ1v) is 10.1. The second-order valence-corrected chi connectivity index (χ2v) is 8.37. The lowest BCUT2D eigenvalue weighted by molar-refractivity contribution is 0.131. The Labute approximate surface area is 169 Å². The molecule has 0 amide bonds. The normalized spacial score (nSPS) is 23.2. The van der Waals surface area contributed by atoms with Crippen molar-refractivity contribution >= 4 is 23.1 Å².